The van der Waals surface area contributed by atoms with E-state index < -0.39 is 0 Å². The van der Waals surface area contributed by atoms with Gasteiger partial charge in [-0.3, -0.25) is 0 Å². The predicted molar refractivity (Wildman–Crippen MR) is 118 cm³/mol. The number of benzene rings is 1. The standard InChI is InChI=1S/C24H31NOS/c1-15-20-21(24(5,6)14-13-23(20,3)4)27-22(15)25(19-11-12-19)18-9-7-17(8-10-18)16(2)26/h7-10,19,26H,2,11-14H2,1,3-6H3. The smallest absolute Gasteiger partial charge is 0.115 e. The molecule has 3 heteroatoms. The van der Waals surface area contributed by atoms with Crippen LogP contribution in [0.25, 0.3) is 5.76 Å². The van der Waals surface area contributed by atoms with E-state index in [4.69, 9.17) is 0 Å². The van der Waals surface area contributed by atoms with E-state index in [-0.39, 0.29) is 16.6 Å². The summed E-state index contributed by atoms with van der Waals surface area (Å²) in [5.74, 6) is 0.130. The first-order valence-electron chi connectivity index (χ1n) is 10.0. The van der Waals surface area contributed by atoms with Crippen LogP contribution in [0.2, 0.25) is 0 Å². The number of aliphatic hydroxyl groups excluding tert-OH is 1. The van der Waals surface area contributed by atoms with Crippen molar-refractivity contribution in [3.8, 4) is 0 Å². The molecule has 0 aliphatic heterocycles. The monoisotopic (exact) mass is 381 g/mol. The first-order valence-corrected chi connectivity index (χ1v) is 10.9. The number of fused-ring (bicyclic) bond motifs is 1. The summed E-state index contributed by atoms with van der Waals surface area (Å²) in [5, 5.41) is 11.1. The lowest BCUT2D eigenvalue weighted by Crippen LogP contribution is -2.32. The van der Waals surface area contributed by atoms with Gasteiger partial charge in [-0.25, -0.2) is 0 Å². The van der Waals surface area contributed by atoms with Gasteiger partial charge in [-0.05, 0) is 78.8 Å². The number of aliphatic hydroxyl groups is 1. The summed E-state index contributed by atoms with van der Waals surface area (Å²) in [6.45, 7) is 15.6. The van der Waals surface area contributed by atoms with Crippen molar-refractivity contribution in [1.82, 2.24) is 0 Å². The molecule has 1 saturated carbocycles. The lowest BCUT2D eigenvalue weighted by atomic mass is 9.66. The van der Waals surface area contributed by atoms with Crippen LogP contribution in [0.5, 0.6) is 0 Å². The van der Waals surface area contributed by atoms with Crippen LogP contribution in [0.1, 0.15) is 74.9 Å². The lowest BCUT2D eigenvalue weighted by molar-refractivity contribution is 0.337. The first kappa shape index (κ1) is 18.6. The Kier molecular flexibility index (Phi) is 4.23. The van der Waals surface area contributed by atoms with Crippen LogP contribution >= 0.6 is 11.3 Å². The summed E-state index contributed by atoms with van der Waals surface area (Å²) < 4.78 is 0. The van der Waals surface area contributed by atoms with E-state index in [1.165, 1.54) is 41.9 Å². The van der Waals surface area contributed by atoms with Gasteiger partial charge in [0.1, 0.15) is 5.76 Å². The van der Waals surface area contributed by atoms with E-state index >= 15 is 0 Å². The van der Waals surface area contributed by atoms with Crippen LogP contribution in [0, 0.1) is 6.92 Å². The Bertz CT molecular complexity index is 884. The predicted octanol–water partition coefficient (Wildman–Crippen LogP) is 7.23. The molecule has 1 N–H and O–H groups in total. The van der Waals surface area contributed by atoms with Crippen LogP contribution in [0.4, 0.5) is 10.7 Å². The van der Waals surface area contributed by atoms with E-state index in [1.54, 1.807) is 10.4 Å². The lowest BCUT2D eigenvalue weighted by Gasteiger charge is -2.39. The van der Waals surface area contributed by atoms with Crippen LogP contribution in [-0.4, -0.2) is 11.1 Å². The van der Waals surface area contributed by atoms with Crippen LogP contribution in [-0.2, 0) is 10.8 Å². The quantitative estimate of drug-likeness (QED) is 0.564. The molecular weight excluding hydrogens is 350 g/mol. The van der Waals surface area contributed by atoms with Gasteiger partial charge in [0.25, 0.3) is 0 Å². The zero-order valence-corrected chi connectivity index (χ0v) is 18.0. The Labute approximate surface area is 167 Å². The van der Waals surface area contributed by atoms with Gasteiger partial charge in [-0.1, -0.05) is 34.3 Å². The van der Waals surface area contributed by atoms with Gasteiger partial charge in [-0.15, -0.1) is 11.3 Å². The topological polar surface area (TPSA) is 23.5 Å². The molecule has 0 radical (unpaired) electrons. The molecule has 2 aliphatic rings. The number of rotatable bonds is 4. The third kappa shape index (κ3) is 3.10. The number of hydrogen-bond acceptors (Lipinski definition) is 3. The zero-order valence-electron chi connectivity index (χ0n) is 17.2. The molecule has 1 aromatic heterocycles. The van der Waals surface area contributed by atoms with Crippen molar-refractivity contribution in [1.29, 1.82) is 0 Å². The highest BCUT2D eigenvalue weighted by molar-refractivity contribution is 7.16. The number of nitrogens with zero attached hydrogens (tertiary/aromatic N) is 1. The van der Waals surface area contributed by atoms with Gasteiger partial charge in [-0.2, -0.15) is 0 Å². The van der Waals surface area contributed by atoms with Crippen molar-refractivity contribution in [2.45, 2.75) is 77.2 Å². The normalized spacial score (nSPS) is 20.2. The first-order chi connectivity index (χ1) is 12.6. The highest BCUT2D eigenvalue weighted by Crippen LogP contribution is 2.55. The van der Waals surface area contributed by atoms with E-state index in [0.29, 0.717) is 6.04 Å². The highest BCUT2D eigenvalue weighted by Gasteiger charge is 2.43. The summed E-state index contributed by atoms with van der Waals surface area (Å²) >= 11 is 2.01. The van der Waals surface area contributed by atoms with Crippen LogP contribution in [0.3, 0.4) is 0 Å². The molecule has 144 valence electrons. The van der Waals surface area contributed by atoms with Gasteiger partial charge in [0.15, 0.2) is 0 Å². The minimum absolute atomic E-state index is 0.130. The molecular formula is C24H31NOS. The minimum Gasteiger partial charge on any atom is -0.508 e. The average Bonchev–Trinajstić information content (AvgIpc) is 3.36. The molecule has 2 nitrogen and oxygen atoms in total. The number of anilines is 2. The maximum Gasteiger partial charge on any atom is 0.115 e. The summed E-state index contributed by atoms with van der Waals surface area (Å²) in [4.78, 5) is 4.13. The Balaban J connectivity index is 1.83. The fraction of sp³-hybridized carbons (Fsp3) is 0.500. The summed E-state index contributed by atoms with van der Waals surface area (Å²) in [6, 6.07) is 8.80. The van der Waals surface area contributed by atoms with Gasteiger partial charge >= 0.3 is 0 Å². The Morgan fingerprint density at radius 2 is 1.67 bits per heavy atom. The number of hydrogen-bond donors (Lipinski definition) is 1. The van der Waals surface area contributed by atoms with Crippen molar-refractivity contribution in [3.63, 3.8) is 0 Å². The highest BCUT2D eigenvalue weighted by atomic mass is 32.1. The van der Waals surface area contributed by atoms with E-state index in [0.717, 1.165) is 5.56 Å². The number of thiophene rings is 1. The third-order valence-electron chi connectivity index (χ3n) is 6.40. The maximum absolute atomic E-state index is 9.66. The molecule has 0 bridgehead atoms. The molecule has 0 atom stereocenters. The second-order valence-corrected chi connectivity index (χ2v) is 10.6. The summed E-state index contributed by atoms with van der Waals surface area (Å²) in [5.41, 5.74) is 5.57. The molecule has 1 heterocycles. The van der Waals surface area contributed by atoms with Gasteiger partial charge < -0.3 is 10.0 Å². The molecule has 0 amide bonds. The molecule has 2 aromatic rings. The van der Waals surface area contributed by atoms with Crippen LogP contribution in [0.15, 0.2) is 30.8 Å². The third-order valence-corrected chi connectivity index (χ3v) is 8.05. The van der Waals surface area contributed by atoms with Gasteiger partial charge in [0.2, 0.25) is 0 Å². The Morgan fingerprint density at radius 1 is 1.07 bits per heavy atom. The minimum atomic E-state index is 0.130. The molecule has 0 unspecified atom stereocenters. The summed E-state index contributed by atoms with van der Waals surface area (Å²) in [6.07, 6.45) is 5.01. The van der Waals surface area contributed by atoms with Crippen LogP contribution < -0.4 is 4.90 Å². The fourth-order valence-corrected chi connectivity index (χ4v) is 6.24. The van der Waals surface area contributed by atoms with Crippen molar-refractivity contribution < 1.29 is 5.11 Å². The second-order valence-electron chi connectivity index (χ2n) is 9.60. The van der Waals surface area contributed by atoms with Crippen molar-refractivity contribution in [2.75, 3.05) is 4.90 Å². The average molecular weight is 382 g/mol. The summed E-state index contributed by atoms with van der Waals surface area (Å²) in [7, 11) is 0. The van der Waals surface area contributed by atoms with E-state index in [9.17, 15) is 5.11 Å². The molecule has 1 fully saturated rings. The largest absolute Gasteiger partial charge is 0.508 e. The van der Waals surface area contributed by atoms with Crippen molar-refractivity contribution >= 4 is 27.8 Å². The Morgan fingerprint density at radius 3 is 2.19 bits per heavy atom. The molecule has 4 rings (SSSR count). The van der Waals surface area contributed by atoms with E-state index in [1.807, 2.05) is 23.5 Å². The van der Waals surface area contributed by atoms with E-state index in [2.05, 4.69) is 58.2 Å². The SMILES string of the molecule is C=C(O)c1ccc(N(c2sc3c(c2C)C(C)(C)CCC3(C)C)C2CC2)cc1. The molecule has 27 heavy (non-hydrogen) atoms. The van der Waals surface area contributed by atoms with Gasteiger partial charge in [0.05, 0.1) is 5.00 Å². The van der Waals surface area contributed by atoms with Crippen molar-refractivity contribution in [3.05, 3.63) is 52.4 Å². The molecule has 2 aliphatic carbocycles. The molecule has 0 saturated heterocycles. The van der Waals surface area contributed by atoms with Crippen molar-refractivity contribution in [2.24, 2.45) is 0 Å². The second kappa shape index (κ2) is 6.13. The Hall–Kier alpha value is -1.74. The molecule has 0 spiro atoms. The van der Waals surface area contributed by atoms with Gasteiger partial charge in [0, 0.05) is 22.2 Å². The zero-order chi connectivity index (χ0) is 19.6. The maximum atomic E-state index is 9.66. The fourth-order valence-electron chi connectivity index (χ4n) is 4.53. The molecule has 1 aromatic carbocycles.